The highest BCUT2D eigenvalue weighted by Crippen LogP contribution is 2.42. The predicted molar refractivity (Wildman–Crippen MR) is 72.0 cm³/mol. The normalized spacial score (nSPS) is 46.1. The summed E-state index contributed by atoms with van der Waals surface area (Å²) in [6.45, 7) is 12.7. The molecule has 2 nitrogen and oxygen atoms in total. The smallest absolute Gasteiger partial charge is 0.0121 e. The lowest BCUT2D eigenvalue weighted by molar-refractivity contribution is 0.0708. The topological polar surface area (TPSA) is 15.3 Å². The first-order valence-corrected chi connectivity index (χ1v) is 7.50. The van der Waals surface area contributed by atoms with Crippen LogP contribution in [0.5, 0.6) is 0 Å². The van der Waals surface area contributed by atoms with E-state index >= 15 is 0 Å². The van der Waals surface area contributed by atoms with Crippen molar-refractivity contribution in [3.05, 3.63) is 0 Å². The van der Waals surface area contributed by atoms with E-state index in [9.17, 15) is 0 Å². The summed E-state index contributed by atoms with van der Waals surface area (Å²) in [4.78, 5) is 2.83. The monoisotopic (exact) mass is 236 g/mol. The minimum Gasteiger partial charge on any atom is -0.316 e. The largest absolute Gasteiger partial charge is 0.316 e. The molecule has 0 amide bonds. The first kappa shape index (κ1) is 12.0. The number of fused-ring (bicyclic) bond motifs is 1. The van der Waals surface area contributed by atoms with Gasteiger partial charge in [-0.3, -0.25) is 4.90 Å². The van der Waals surface area contributed by atoms with E-state index in [0.29, 0.717) is 5.41 Å². The summed E-state index contributed by atoms with van der Waals surface area (Å²) < 4.78 is 0. The molecule has 0 aromatic rings. The molecule has 3 rings (SSSR count). The Morgan fingerprint density at radius 1 is 1.12 bits per heavy atom. The van der Waals surface area contributed by atoms with E-state index in [0.717, 1.165) is 23.8 Å². The molecule has 2 unspecified atom stereocenters. The fraction of sp³-hybridized carbons (Fsp3) is 1.00. The number of hydrogen-bond donors (Lipinski definition) is 1. The van der Waals surface area contributed by atoms with Crippen molar-refractivity contribution in [1.29, 1.82) is 0 Å². The molecule has 4 atom stereocenters. The highest BCUT2D eigenvalue weighted by molar-refractivity contribution is 4.96. The van der Waals surface area contributed by atoms with Crippen LogP contribution >= 0.6 is 0 Å². The van der Waals surface area contributed by atoms with Gasteiger partial charge in [0.2, 0.25) is 0 Å². The molecule has 17 heavy (non-hydrogen) atoms. The summed E-state index contributed by atoms with van der Waals surface area (Å²) in [5, 5.41) is 3.55. The Balaban J connectivity index is 1.62. The van der Waals surface area contributed by atoms with Gasteiger partial charge in [0.15, 0.2) is 0 Å². The minimum absolute atomic E-state index is 0.590. The molecule has 2 saturated heterocycles. The molecule has 0 spiro atoms. The van der Waals surface area contributed by atoms with Crippen molar-refractivity contribution in [2.75, 3.05) is 26.2 Å². The Kier molecular flexibility index (Phi) is 2.99. The molecular weight excluding hydrogens is 208 g/mol. The lowest BCUT2D eigenvalue weighted by Crippen LogP contribution is -2.44. The quantitative estimate of drug-likeness (QED) is 0.752. The lowest BCUT2D eigenvalue weighted by Gasteiger charge is -2.43. The molecular formula is C15H28N2. The van der Waals surface area contributed by atoms with Crippen LogP contribution in [0.4, 0.5) is 0 Å². The second-order valence-electron chi connectivity index (χ2n) is 7.58. The van der Waals surface area contributed by atoms with Crippen molar-refractivity contribution in [3.8, 4) is 0 Å². The molecule has 1 saturated carbocycles. The second-order valence-corrected chi connectivity index (χ2v) is 7.58. The molecule has 3 aliphatic rings. The van der Waals surface area contributed by atoms with E-state index in [1.165, 1.54) is 45.4 Å². The Bertz CT molecular complexity index is 275. The van der Waals surface area contributed by atoms with Gasteiger partial charge in [0.05, 0.1) is 0 Å². The number of nitrogens with one attached hydrogen (secondary N) is 1. The van der Waals surface area contributed by atoms with E-state index in [1.807, 2.05) is 0 Å². The van der Waals surface area contributed by atoms with E-state index in [1.54, 1.807) is 0 Å². The first-order chi connectivity index (χ1) is 8.05. The van der Waals surface area contributed by atoms with Crippen molar-refractivity contribution in [1.82, 2.24) is 10.2 Å². The van der Waals surface area contributed by atoms with Crippen LogP contribution in [-0.2, 0) is 0 Å². The van der Waals surface area contributed by atoms with Gasteiger partial charge in [-0.2, -0.15) is 0 Å². The van der Waals surface area contributed by atoms with Crippen LogP contribution in [-0.4, -0.2) is 37.1 Å². The molecule has 1 N–H and O–H groups in total. The molecule has 0 radical (unpaired) electrons. The SMILES string of the molecule is CC1CC(C)(C)CCC1N1C[C@H]2CNC[C@H]2C1. The second kappa shape index (κ2) is 4.24. The zero-order chi connectivity index (χ0) is 12.0. The van der Waals surface area contributed by atoms with E-state index in [-0.39, 0.29) is 0 Å². The average Bonchev–Trinajstić information content (AvgIpc) is 2.75. The van der Waals surface area contributed by atoms with E-state index < -0.39 is 0 Å². The van der Waals surface area contributed by atoms with Gasteiger partial charge < -0.3 is 5.32 Å². The van der Waals surface area contributed by atoms with Crippen molar-refractivity contribution in [3.63, 3.8) is 0 Å². The van der Waals surface area contributed by atoms with Crippen LogP contribution in [0.25, 0.3) is 0 Å². The standard InChI is InChI=1S/C15H28N2/c1-11-6-15(2,3)5-4-14(11)17-9-12-7-16-8-13(12)10-17/h11-14,16H,4-10H2,1-3H3/t11?,12-,13+,14?. The van der Waals surface area contributed by atoms with Gasteiger partial charge in [-0.15, -0.1) is 0 Å². The number of likely N-dealkylation sites (tertiary alicyclic amines) is 1. The summed E-state index contributed by atoms with van der Waals surface area (Å²) in [6.07, 6.45) is 4.27. The van der Waals surface area contributed by atoms with E-state index in [4.69, 9.17) is 0 Å². The number of nitrogens with zero attached hydrogens (tertiary/aromatic N) is 1. The van der Waals surface area contributed by atoms with Crippen molar-refractivity contribution in [2.24, 2.45) is 23.2 Å². The summed E-state index contributed by atoms with van der Waals surface area (Å²) in [7, 11) is 0. The van der Waals surface area contributed by atoms with Crippen LogP contribution in [0, 0.1) is 23.2 Å². The number of hydrogen-bond acceptors (Lipinski definition) is 2. The minimum atomic E-state index is 0.590. The van der Waals surface area contributed by atoms with Gasteiger partial charge in [-0.25, -0.2) is 0 Å². The molecule has 0 bridgehead atoms. The van der Waals surface area contributed by atoms with E-state index in [2.05, 4.69) is 31.0 Å². The maximum Gasteiger partial charge on any atom is 0.0121 e. The third-order valence-corrected chi connectivity index (χ3v) is 5.54. The van der Waals surface area contributed by atoms with Gasteiger partial charge >= 0.3 is 0 Å². The van der Waals surface area contributed by atoms with Crippen LogP contribution in [0.3, 0.4) is 0 Å². The Labute approximate surface area is 106 Å². The molecule has 1 aliphatic carbocycles. The fourth-order valence-electron chi connectivity index (χ4n) is 4.64. The van der Waals surface area contributed by atoms with Crippen LogP contribution in [0.2, 0.25) is 0 Å². The molecule has 98 valence electrons. The predicted octanol–water partition coefficient (Wildman–Crippen LogP) is 2.35. The van der Waals surface area contributed by atoms with Gasteiger partial charge in [0, 0.05) is 19.1 Å². The zero-order valence-corrected chi connectivity index (χ0v) is 11.7. The third kappa shape index (κ3) is 2.26. The Hall–Kier alpha value is -0.0800. The van der Waals surface area contributed by atoms with Gasteiger partial charge in [-0.05, 0) is 55.5 Å². The van der Waals surface area contributed by atoms with Crippen molar-refractivity contribution < 1.29 is 0 Å². The number of rotatable bonds is 1. The molecule has 2 heteroatoms. The fourth-order valence-corrected chi connectivity index (χ4v) is 4.64. The summed E-state index contributed by atoms with van der Waals surface area (Å²) in [5.41, 5.74) is 0.590. The zero-order valence-electron chi connectivity index (χ0n) is 11.7. The van der Waals surface area contributed by atoms with Gasteiger partial charge in [0.1, 0.15) is 0 Å². The van der Waals surface area contributed by atoms with Gasteiger partial charge in [-0.1, -0.05) is 20.8 Å². The third-order valence-electron chi connectivity index (χ3n) is 5.54. The molecule has 0 aromatic carbocycles. The summed E-state index contributed by atoms with van der Waals surface area (Å²) >= 11 is 0. The van der Waals surface area contributed by atoms with Crippen LogP contribution < -0.4 is 5.32 Å². The maximum atomic E-state index is 3.55. The Morgan fingerprint density at radius 3 is 2.35 bits per heavy atom. The van der Waals surface area contributed by atoms with Crippen molar-refractivity contribution in [2.45, 2.75) is 46.1 Å². The lowest BCUT2D eigenvalue weighted by atomic mass is 9.70. The molecule has 0 aromatic heterocycles. The Morgan fingerprint density at radius 2 is 1.76 bits per heavy atom. The van der Waals surface area contributed by atoms with Gasteiger partial charge in [0.25, 0.3) is 0 Å². The summed E-state index contributed by atoms with van der Waals surface area (Å²) in [6, 6.07) is 0.883. The van der Waals surface area contributed by atoms with Crippen molar-refractivity contribution >= 4 is 0 Å². The molecule has 2 heterocycles. The average molecular weight is 236 g/mol. The highest BCUT2D eigenvalue weighted by Gasteiger charge is 2.42. The molecule has 3 fully saturated rings. The summed E-state index contributed by atoms with van der Waals surface area (Å²) in [5.74, 6) is 2.81. The van der Waals surface area contributed by atoms with Crippen LogP contribution in [0.15, 0.2) is 0 Å². The maximum absolute atomic E-state index is 3.55. The molecule has 2 aliphatic heterocycles. The first-order valence-electron chi connectivity index (χ1n) is 7.50. The van der Waals surface area contributed by atoms with Crippen LogP contribution in [0.1, 0.15) is 40.0 Å². The highest BCUT2D eigenvalue weighted by atomic mass is 15.2.